The van der Waals surface area contributed by atoms with Crippen molar-refractivity contribution in [1.29, 1.82) is 0 Å². The highest BCUT2D eigenvalue weighted by Gasteiger charge is 2.04. The van der Waals surface area contributed by atoms with Gasteiger partial charge in [0.05, 0.1) is 0 Å². The molecule has 0 unspecified atom stereocenters. The monoisotopic (exact) mass is 267 g/mol. The molecule has 0 radical (unpaired) electrons. The molecule has 4 heteroatoms. The van der Waals surface area contributed by atoms with Gasteiger partial charge in [-0.2, -0.15) is 0 Å². The zero-order valence-electron chi connectivity index (χ0n) is 9.81. The zero-order chi connectivity index (χ0) is 13.1. The van der Waals surface area contributed by atoms with Gasteiger partial charge in [-0.15, -0.1) is 0 Å². The molecule has 0 heterocycles. The van der Waals surface area contributed by atoms with Crippen LogP contribution < -0.4 is 5.32 Å². The van der Waals surface area contributed by atoms with Crippen LogP contribution in [0.1, 0.15) is 11.1 Å². The maximum atomic E-state index is 13.1. The van der Waals surface area contributed by atoms with Gasteiger partial charge in [0.25, 0.3) is 0 Å². The standard InChI is InChI=1S/C14H12ClF2N/c1-9-2-3-12(17)7-14(9)18-8-10-6-11(16)4-5-13(10)15/h2-7,18H,8H2,1H3. The van der Waals surface area contributed by atoms with Gasteiger partial charge in [0.1, 0.15) is 11.6 Å². The number of halogens is 3. The van der Waals surface area contributed by atoms with Crippen LogP contribution in [0.3, 0.4) is 0 Å². The molecule has 0 aliphatic rings. The van der Waals surface area contributed by atoms with Crippen molar-refractivity contribution in [3.05, 3.63) is 64.2 Å². The highest BCUT2D eigenvalue weighted by Crippen LogP contribution is 2.21. The summed E-state index contributed by atoms with van der Waals surface area (Å²) in [5, 5.41) is 3.53. The van der Waals surface area contributed by atoms with Gasteiger partial charge in [-0.1, -0.05) is 17.7 Å². The molecule has 0 fully saturated rings. The lowest BCUT2D eigenvalue weighted by atomic mass is 10.1. The SMILES string of the molecule is Cc1ccc(F)cc1NCc1cc(F)ccc1Cl. The Balaban J connectivity index is 2.16. The number of nitrogens with one attached hydrogen (secondary N) is 1. The summed E-state index contributed by atoms with van der Waals surface area (Å²) in [5.74, 6) is -0.652. The van der Waals surface area contributed by atoms with Gasteiger partial charge < -0.3 is 5.32 Å². The van der Waals surface area contributed by atoms with E-state index in [0.717, 1.165) is 5.56 Å². The average Bonchev–Trinajstić information content (AvgIpc) is 2.34. The molecule has 0 saturated heterocycles. The van der Waals surface area contributed by atoms with Gasteiger partial charge in [0, 0.05) is 17.3 Å². The second kappa shape index (κ2) is 5.36. The fourth-order valence-corrected chi connectivity index (χ4v) is 1.84. The van der Waals surface area contributed by atoms with E-state index in [4.69, 9.17) is 11.6 Å². The smallest absolute Gasteiger partial charge is 0.125 e. The third kappa shape index (κ3) is 2.99. The summed E-state index contributed by atoms with van der Waals surface area (Å²) in [6, 6.07) is 8.67. The second-order valence-corrected chi connectivity index (χ2v) is 4.46. The van der Waals surface area contributed by atoms with Crippen LogP contribution in [-0.4, -0.2) is 0 Å². The van der Waals surface area contributed by atoms with Crippen molar-refractivity contribution < 1.29 is 8.78 Å². The normalized spacial score (nSPS) is 10.4. The van der Waals surface area contributed by atoms with Crippen molar-refractivity contribution in [2.75, 3.05) is 5.32 Å². The van der Waals surface area contributed by atoms with E-state index in [1.54, 1.807) is 6.07 Å². The molecule has 0 amide bonds. The Morgan fingerprint density at radius 3 is 2.50 bits per heavy atom. The molecule has 0 bridgehead atoms. The number of benzene rings is 2. The minimum atomic E-state index is -0.341. The number of hydrogen-bond acceptors (Lipinski definition) is 1. The van der Waals surface area contributed by atoms with Crippen LogP contribution in [0.2, 0.25) is 5.02 Å². The van der Waals surface area contributed by atoms with E-state index in [1.807, 2.05) is 6.92 Å². The predicted octanol–water partition coefficient (Wildman–Crippen LogP) is 4.54. The van der Waals surface area contributed by atoms with Gasteiger partial charge in [-0.05, 0) is 48.4 Å². The first-order chi connectivity index (χ1) is 8.56. The fourth-order valence-electron chi connectivity index (χ4n) is 1.65. The van der Waals surface area contributed by atoms with Crippen LogP contribution in [0, 0.1) is 18.6 Å². The van der Waals surface area contributed by atoms with Gasteiger partial charge in [-0.3, -0.25) is 0 Å². The Kier molecular flexibility index (Phi) is 3.82. The Bertz CT molecular complexity index is 518. The Morgan fingerprint density at radius 2 is 1.72 bits per heavy atom. The lowest BCUT2D eigenvalue weighted by molar-refractivity contribution is 0.625. The molecule has 2 rings (SSSR count). The van der Waals surface area contributed by atoms with E-state index >= 15 is 0 Å². The molecule has 94 valence electrons. The molecule has 0 aromatic heterocycles. The molecule has 2 aromatic carbocycles. The van der Waals surface area contributed by atoms with E-state index in [9.17, 15) is 8.78 Å². The Labute approximate surface area is 109 Å². The number of aryl methyl sites for hydroxylation is 1. The third-order valence-corrected chi connectivity index (χ3v) is 3.05. The third-order valence-electron chi connectivity index (χ3n) is 2.68. The first-order valence-corrected chi connectivity index (χ1v) is 5.88. The maximum Gasteiger partial charge on any atom is 0.125 e. The first-order valence-electron chi connectivity index (χ1n) is 5.50. The average molecular weight is 268 g/mol. The number of rotatable bonds is 3. The molecule has 0 aliphatic heterocycles. The lowest BCUT2D eigenvalue weighted by Gasteiger charge is -2.10. The van der Waals surface area contributed by atoms with Gasteiger partial charge in [-0.25, -0.2) is 8.78 Å². The van der Waals surface area contributed by atoms with E-state index in [0.29, 0.717) is 22.8 Å². The fraction of sp³-hybridized carbons (Fsp3) is 0.143. The van der Waals surface area contributed by atoms with Crippen molar-refractivity contribution in [1.82, 2.24) is 0 Å². The maximum absolute atomic E-state index is 13.1. The largest absolute Gasteiger partial charge is 0.381 e. The Morgan fingerprint density at radius 1 is 1.06 bits per heavy atom. The predicted molar refractivity (Wildman–Crippen MR) is 69.9 cm³/mol. The molecule has 0 atom stereocenters. The number of hydrogen-bond donors (Lipinski definition) is 1. The van der Waals surface area contributed by atoms with Crippen molar-refractivity contribution in [3.63, 3.8) is 0 Å². The van der Waals surface area contributed by atoms with Crippen LogP contribution in [-0.2, 0) is 6.54 Å². The van der Waals surface area contributed by atoms with Crippen LogP contribution >= 0.6 is 11.6 Å². The van der Waals surface area contributed by atoms with Gasteiger partial charge >= 0.3 is 0 Å². The molecule has 1 N–H and O–H groups in total. The molecular weight excluding hydrogens is 256 g/mol. The minimum absolute atomic E-state index is 0.312. The summed E-state index contributed by atoms with van der Waals surface area (Å²) in [7, 11) is 0. The summed E-state index contributed by atoms with van der Waals surface area (Å²) >= 11 is 5.95. The van der Waals surface area contributed by atoms with Crippen LogP contribution in [0.25, 0.3) is 0 Å². The summed E-state index contributed by atoms with van der Waals surface area (Å²) in [4.78, 5) is 0. The quantitative estimate of drug-likeness (QED) is 0.861. The van der Waals surface area contributed by atoms with E-state index in [2.05, 4.69) is 5.32 Å². The Hall–Kier alpha value is -1.61. The van der Waals surface area contributed by atoms with Crippen molar-refractivity contribution in [2.24, 2.45) is 0 Å². The highest BCUT2D eigenvalue weighted by molar-refractivity contribution is 6.31. The van der Waals surface area contributed by atoms with Gasteiger partial charge in [0.15, 0.2) is 0 Å². The summed E-state index contributed by atoms with van der Waals surface area (Å²) in [6.45, 7) is 2.22. The van der Waals surface area contributed by atoms with E-state index in [1.165, 1.54) is 30.3 Å². The summed E-state index contributed by atoms with van der Waals surface area (Å²) in [6.07, 6.45) is 0. The lowest BCUT2D eigenvalue weighted by Crippen LogP contribution is -2.02. The van der Waals surface area contributed by atoms with Gasteiger partial charge in [0.2, 0.25) is 0 Å². The molecule has 0 saturated carbocycles. The molecule has 0 spiro atoms. The number of anilines is 1. The molecule has 2 aromatic rings. The second-order valence-electron chi connectivity index (χ2n) is 4.05. The molecular formula is C14H12ClF2N. The van der Waals surface area contributed by atoms with Crippen molar-refractivity contribution >= 4 is 17.3 Å². The zero-order valence-corrected chi connectivity index (χ0v) is 10.6. The summed E-state index contributed by atoms with van der Waals surface area (Å²) in [5.41, 5.74) is 2.24. The summed E-state index contributed by atoms with van der Waals surface area (Å²) < 4.78 is 26.2. The van der Waals surface area contributed by atoms with Crippen molar-refractivity contribution in [2.45, 2.75) is 13.5 Å². The first kappa shape index (κ1) is 12.8. The van der Waals surface area contributed by atoms with E-state index in [-0.39, 0.29) is 11.6 Å². The van der Waals surface area contributed by atoms with Crippen LogP contribution in [0.5, 0.6) is 0 Å². The van der Waals surface area contributed by atoms with Crippen LogP contribution in [0.4, 0.5) is 14.5 Å². The molecule has 1 nitrogen and oxygen atoms in total. The van der Waals surface area contributed by atoms with Crippen LogP contribution in [0.15, 0.2) is 36.4 Å². The molecule has 18 heavy (non-hydrogen) atoms. The van der Waals surface area contributed by atoms with Crippen molar-refractivity contribution in [3.8, 4) is 0 Å². The minimum Gasteiger partial charge on any atom is -0.381 e. The highest BCUT2D eigenvalue weighted by atomic mass is 35.5. The molecule has 0 aliphatic carbocycles. The topological polar surface area (TPSA) is 12.0 Å². The van der Waals surface area contributed by atoms with E-state index < -0.39 is 0 Å².